The minimum atomic E-state index is -0.139. The first-order chi connectivity index (χ1) is 14.7. The van der Waals surface area contributed by atoms with Crippen molar-refractivity contribution in [1.29, 1.82) is 0 Å². The Balaban J connectivity index is 1.65. The molecular weight excluding hydrogens is 372 g/mol. The number of aromatic nitrogens is 3. The van der Waals surface area contributed by atoms with Crippen molar-refractivity contribution in [2.45, 2.75) is 25.4 Å². The van der Waals surface area contributed by atoms with Gasteiger partial charge in [0, 0.05) is 5.56 Å². The summed E-state index contributed by atoms with van der Waals surface area (Å²) in [6.45, 7) is 2.07. The largest absolute Gasteiger partial charge is 0.269 e. The molecule has 2 heterocycles. The molecule has 0 radical (unpaired) electrons. The van der Waals surface area contributed by atoms with Crippen LogP contribution in [0.1, 0.15) is 45.6 Å². The Bertz CT molecular complexity index is 1150. The van der Waals surface area contributed by atoms with Crippen LogP contribution in [0.3, 0.4) is 0 Å². The van der Waals surface area contributed by atoms with Crippen LogP contribution in [-0.4, -0.2) is 20.7 Å². The zero-order valence-corrected chi connectivity index (χ0v) is 16.7. The van der Waals surface area contributed by atoms with Crippen molar-refractivity contribution >= 4 is 11.9 Å². The molecule has 5 nitrogen and oxygen atoms in total. The van der Waals surface area contributed by atoms with E-state index in [1.54, 1.807) is 4.90 Å². The lowest BCUT2D eigenvalue weighted by atomic mass is 9.91. The van der Waals surface area contributed by atoms with Crippen LogP contribution in [0.4, 0.5) is 5.95 Å². The molecule has 5 heteroatoms. The maximum Gasteiger partial charge on any atom is 0.261 e. The van der Waals surface area contributed by atoms with Crippen LogP contribution in [0, 0.1) is 6.92 Å². The monoisotopic (exact) mass is 394 g/mol. The van der Waals surface area contributed by atoms with E-state index in [9.17, 15) is 4.79 Å². The highest BCUT2D eigenvalue weighted by Gasteiger charge is 2.39. The Kier molecular flexibility index (Phi) is 4.64. The molecule has 0 N–H and O–H groups in total. The zero-order valence-electron chi connectivity index (χ0n) is 16.7. The first-order valence-electron chi connectivity index (χ1n) is 10.1. The number of aryl methyl sites for hydroxylation is 1. The van der Waals surface area contributed by atoms with Crippen LogP contribution in [0.15, 0.2) is 91.3 Å². The summed E-state index contributed by atoms with van der Waals surface area (Å²) in [5, 5.41) is 4.49. The van der Waals surface area contributed by atoms with Crippen LogP contribution in [-0.2, 0) is 0 Å². The summed E-state index contributed by atoms with van der Waals surface area (Å²) < 4.78 is 1.88. The third-order valence-corrected chi connectivity index (χ3v) is 5.71. The van der Waals surface area contributed by atoms with Gasteiger partial charge in [0.1, 0.15) is 6.33 Å². The molecule has 0 unspecified atom stereocenters. The SMILES string of the molecule is Cc1ccc([C@H]2C[C@@H](c3ccccc3)n3ncnc3N2C(=O)c2ccccc2)cc1. The molecule has 0 saturated heterocycles. The van der Waals surface area contributed by atoms with E-state index in [0.717, 1.165) is 17.5 Å². The summed E-state index contributed by atoms with van der Waals surface area (Å²) in [6.07, 6.45) is 2.26. The Labute approximate surface area is 175 Å². The fraction of sp³-hybridized carbons (Fsp3) is 0.160. The standard InChI is InChI=1S/C25H22N4O/c1-18-12-14-20(15-13-18)22-16-23(19-8-4-2-5-9-19)29-25(26-17-27-29)28(22)24(30)21-10-6-3-7-11-21/h2-15,17,22-23H,16H2,1H3/t22-,23+/m1/s1. The van der Waals surface area contributed by atoms with Gasteiger partial charge >= 0.3 is 0 Å². The molecule has 2 atom stereocenters. The summed E-state index contributed by atoms with van der Waals surface area (Å²) in [6, 6.07) is 28.0. The molecule has 1 aliphatic heterocycles. The maximum atomic E-state index is 13.6. The van der Waals surface area contributed by atoms with Crippen LogP contribution < -0.4 is 4.90 Å². The highest BCUT2D eigenvalue weighted by molar-refractivity contribution is 6.05. The van der Waals surface area contributed by atoms with Crippen LogP contribution >= 0.6 is 0 Å². The lowest BCUT2D eigenvalue weighted by molar-refractivity contribution is 0.0963. The second kappa shape index (κ2) is 7.59. The van der Waals surface area contributed by atoms with Gasteiger partial charge in [-0.3, -0.25) is 9.69 Å². The topological polar surface area (TPSA) is 51.0 Å². The highest BCUT2D eigenvalue weighted by Crippen LogP contribution is 2.42. The predicted octanol–water partition coefficient (Wildman–Crippen LogP) is 4.97. The molecule has 1 amide bonds. The number of carbonyl (C=O) groups is 1. The number of anilines is 1. The maximum absolute atomic E-state index is 13.6. The van der Waals surface area contributed by atoms with Gasteiger partial charge in [0.05, 0.1) is 12.1 Å². The van der Waals surface area contributed by atoms with E-state index in [-0.39, 0.29) is 18.0 Å². The van der Waals surface area contributed by atoms with Gasteiger partial charge in [-0.25, -0.2) is 4.68 Å². The number of carbonyl (C=O) groups excluding carboxylic acids is 1. The fourth-order valence-corrected chi connectivity index (χ4v) is 4.17. The Morgan fingerprint density at radius 1 is 0.833 bits per heavy atom. The van der Waals surface area contributed by atoms with E-state index in [1.165, 1.54) is 11.9 Å². The summed E-state index contributed by atoms with van der Waals surface area (Å²) >= 11 is 0. The van der Waals surface area contributed by atoms with Crippen LogP contribution in [0.2, 0.25) is 0 Å². The predicted molar refractivity (Wildman–Crippen MR) is 116 cm³/mol. The van der Waals surface area contributed by atoms with E-state index in [1.807, 2.05) is 53.2 Å². The van der Waals surface area contributed by atoms with Crippen LogP contribution in [0.25, 0.3) is 0 Å². The van der Waals surface area contributed by atoms with Crippen molar-refractivity contribution < 1.29 is 4.79 Å². The normalized spacial score (nSPS) is 18.1. The lowest BCUT2D eigenvalue weighted by Gasteiger charge is -2.39. The van der Waals surface area contributed by atoms with E-state index in [0.29, 0.717) is 11.5 Å². The molecule has 0 fully saturated rings. The zero-order chi connectivity index (χ0) is 20.5. The molecule has 0 bridgehead atoms. The molecule has 30 heavy (non-hydrogen) atoms. The molecule has 1 aliphatic rings. The van der Waals surface area contributed by atoms with E-state index >= 15 is 0 Å². The number of fused-ring (bicyclic) bond motifs is 1. The fourth-order valence-electron chi connectivity index (χ4n) is 4.17. The number of benzene rings is 3. The van der Waals surface area contributed by atoms with E-state index in [4.69, 9.17) is 0 Å². The summed E-state index contributed by atoms with van der Waals surface area (Å²) in [7, 11) is 0. The number of amides is 1. The molecule has 148 valence electrons. The molecule has 0 saturated carbocycles. The average molecular weight is 394 g/mol. The summed E-state index contributed by atoms with van der Waals surface area (Å²) in [5.41, 5.74) is 4.09. The molecule has 0 spiro atoms. The van der Waals surface area contributed by atoms with Gasteiger partial charge in [-0.2, -0.15) is 10.1 Å². The second-order valence-corrected chi connectivity index (χ2v) is 7.63. The van der Waals surface area contributed by atoms with Gasteiger partial charge in [0.25, 0.3) is 5.91 Å². The highest BCUT2D eigenvalue weighted by atomic mass is 16.2. The van der Waals surface area contributed by atoms with E-state index in [2.05, 4.69) is 53.4 Å². The molecule has 4 aromatic rings. The third kappa shape index (κ3) is 3.18. The van der Waals surface area contributed by atoms with Crippen molar-refractivity contribution in [3.8, 4) is 0 Å². The minimum Gasteiger partial charge on any atom is -0.269 e. The lowest BCUT2D eigenvalue weighted by Crippen LogP contribution is -2.42. The van der Waals surface area contributed by atoms with Gasteiger partial charge < -0.3 is 0 Å². The van der Waals surface area contributed by atoms with Gasteiger partial charge in [-0.1, -0.05) is 78.4 Å². The van der Waals surface area contributed by atoms with E-state index < -0.39 is 0 Å². The number of nitrogens with zero attached hydrogens (tertiary/aromatic N) is 4. The summed E-state index contributed by atoms with van der Waals surface area (Å²) in [4.78, 5) is 19.9. The average Bonchev–Trinajstić information content (AvgIpc) is 3.29. The van der Waals surface area contributed by atoms with Crippen LogP contribution in [0.5, 0.6) is 0 Å². The van der Waals surface area contributed by atoms with Crippen molar-refractivity contribution in [3.05, 3.63) is 114 Å². The third-order valence-electron chi connectivity index (χ3n) is 5.71. The van der Waals surface area contributed by atoms with Gasteiger partial charge in [-0.05, 0) is 36.6 Å². The molecular formula is C25H22N4O. The number of rotatable bonds is 3. The van der Waals surface area contributed by atoms with Crippen molar-refractivity contribution in [2.75, 3.05) is 4.90 Å². The molecule has 5 rings (SSSR count). The quantitative estimate of drug-likeness (QED) is 0.493. The summed E-state index contributed by atoms with van der Waals surface area (Å²) in [5.74, 6) is 0.511. The first-order valence-corrected chi connectivity index (χ1v) is 10.1. The van der Waals surface area contributed by atoms with Gasteiger partial charge in [-0.15, -0.1) is 0 Å². The Hall–Kier alpha value is -3.73. The smallest absolute Gasteiger partial charge is 0.261 e. The molecule has 3 aromatic carbocycles. The first kappa shape index (κ1) is 18.3. The Morgan fingerprint density at radius 3 is 2.17 bits per heavy atom. The van der Waals surface area contributed by atoms with Crippen molar-refractivity contribution in [3.63, 3.8) is 0 Å². The van der Waals surface area contributed by atoms with Crippen molar-refractivity contribution in [2.24, 2.45) is 0 Å². The molecule has 1 aromatic heterocycles. The van der Waals surface area contributed by atoms with Gasteiger partial charge in [0.2, 0.25) is 5.95 Å². The van der Waals surface area contributed by atoms with Crippen molar-refractivity contribution in [1.82, 2.24) is 14.8 Å². The van der Waals surface area contributed by atoms with Gasteiger partial charge in [0.15, 0.2) is 0 Å². The Morgan fingerprint density at radius 2 is 1.47 bits per heavy atom. The number of hydrogen-bond acceptors (Lipinski definition) is 3. The second-order valence-electron chi connectivity index (χ2n) is 7.63. The minimum absolute atomic E-state index is 0.00910. The number of hydrogen-bond donors (Lipinski definition) is 0. The molecule has 0 aliphatic carbocycles.